The van der Waals surface area contributed by atoms with Crippen molar-refractivity contribution in [1.82, 2.24) is 0 Å². The molecule has 17 heavy (non-hydrogen) atoms. The Labute approximate surface area is 108 Å². The van der Waals surface area contributed by atoms with Gasteiger partial charge in [0.2, 0.25) is 0 Å². The van der Waals surface area contributed by atoms with E-state index in [2.05, 4.69) is 12.1 Å². The van der Waals surface area contributed by atoms with Crippen molar-refractivity contribution in [1.29, 1.82) is 0 Å². The van der Waals surface area contributed by atoms with E-state index in [4.69, 9.17) is 10.5 Å². The lowest BCUT2D eigenvalue weighted by molar-refractivity contribution is -0.146. The summed E-state index contributed by atoms with van der Waals surface area (Å²) in [6, 6.07) is 10.2. The van der Waals surface area contributed by atoms with Crippen LogP contribution in [0.15, 0.2) is 30.3 Å². The van der Waals surface area contributed by atoms with Gasteiger partial charge in [-0.05, 0) is 30.7 Å². The standard InChI is InChI=1S/C13H17NO2.ClH/c1-16-12(15)13(14)8-7-11(9-13)10-5-3-2-4-6-10;/h2-6,11H,7-9,14H2,1H3;1H/t11-,13-;/m1./s1. The molecule has 0 amide bonds. The summed E-state index contributed by atoms with van der Waals surface area (Å²) < 4.78 is 4.76. The van der Waals surface area contributed by atoms with E-state index in [1.54, 1.807) is 0 Å². The molecule has 3 nitrogen and oxygen atoms in total. The van der Waals surface area contributed by atoms with E-state index in [-0.39, 0.29) is 18.4 Å². The van der Waals surface area contributed by atoms with Crippen molar-refractivity contribution in [2.24, 2.45) is 5.73 Å². The molecular weight excluding hydrogens is 238 g/mol. The molecule has 1 aliphatic carbocycles. The molecule has 1 saturated carbocycles. The first-order chi connectivity index (χ1) is 7.65. The summed E-state index contributed by atoms with van der Waals surface area (Å²) in [5.41, 5.74) is 6.55. The smallest absolute Gasteiger partial charge is 0.325 e. The largest absolute Gasteiger partial charge is 0.468 e. The zero-order chi connectivity index (χ0) is 11.6. The molecule has 0 heterocycles. The first-order valence-corrected chi connectivity index (χ1v) is 5.58. The van der Waals surface area contributed by atoms with E-state index in [0.29, 0.717) is 18.8 Å². The van der Waals surface area contributed by atoms with Crippen LogP contribution >= 0.6 is 12.4 Å². The Morgan fingerprint density at radius 3 is 2.65 bits per heavy atom. The molecule has 1 aromatic carbocycles. The maximum atomic E-state index is 11.6. The van der Waals surface area contributed by atoms with E-state index in [1.165, 1.54) is 12.7 Å². The number of esters is 1. The van der Waals surface area contributed by atoms with E-state index in [9.17, 15) is 4.79 Å². The Morgan fingerprint density at radius 1 is 1.41 bits per heavy atom. The first-order valence-electron chi connectivity index (χ1n) is 5.58. The fourth-order valence-corrected chi connectivity index (χ4v) is 2.47. The average molecular weight is 256 g/mol. The van der Waals surface area contributed by atoms with Gasteiger partial charge in [0.05, 0.1) is 7.11 Å². The van der Waals surface area contributed by atoms with Gasteiger partial charge in [0.1, 0.15) is 5.54 Å². The fourth-order valence-electron chi connectivity index (χ4n) is 2.47. The summed E-state index contributed by atoms with van der Waals surface area (Å²) in [4.78, 5) is 11.6. The van der Waals surface area contributed by atoms with Gasteiger partial charge in [-0.25, -0.2) is 0 Å². The van der Waals surface area contributed by atoms with Crippen LogP contribution in [0.5, 0.6) is 0 Å². The van der Waals surface area contributed by atoms with Crippen LogP contribution in [0.3, 0.4) is 0 Å². The monoisotopic (exact) mass is 255 g/mol. The van der Waals surface area contributed by atoms with Gasteiger partial charge in [0.25, 0.3) is 0 Å². The molecular formula is C13H18ClNO2. The summed E-state index contributed by atoms with van der Waals surface area (Å²) in [5.74, 6) is 0.0937. The summed E-state index contributed by atoms with van der Waals surface area (Å²) in [7, 11) is 1.40. The summed E-state index contributed by atoms with van der Waals surface area (Å²) in [6.07, 6.45) is 2.35. The maximum absolute atomic E-state index is 11.6. The number of nitrogens with two attached hydrogens (primary N) is 1. The number of hydrogen-bond acceptors (Lipinski definition) is 3. The highest BCUT2D eigenvalue weighted by molar-refractivity contribution is 5.85. The van der Waals surface area contributed by atoms with E-state index in [1.807, 2.05) is 18.2 Å². The number of methoxy groups -OCH3 is 1. The lowest BCUT2D eigenvalue weighted by Crippen LogP contribution is -2.46. The number of ether oxygens (including phenoxy) is 1. The summed E-state index contributed by atoms with van der Waals surface area (Å²) >= 11 is 0. The van der Waals surface area contributed by atoms with E-state index in [0.717, 1.165) is 6.42 Å². The number of carbonyl (C=O) groups excluding carboxylic acids is 1. The molecule has 1 fully saturated rings. The Hall–Kier alpha value is -1.06. The Kier molecular flexibility index (Phi) is 4.54. The summed E-state index contributed by atoms with van der Waals surface area (Å²) in [6.45, 7) is 0. The van der Waals surface area contributed by atoms with Crippen molar-refractivity contribution < 1.29 is 9.53 Å². The number of rotatable bonds is 2. The highest BCUT2D eigenvalue weighted by Crippen LogP contribution is 2.39. The number of carbonyl (C=O) groups is 1. The van der Waals surface area contributed by atoms with Crippen molar-refractivity contribution in [2.75, 3.05) is 7.11 Å². The topological polar surface area (TPSA) is 52.3 Å². The molecule has 4 heteroatoms. The Balaban J connectivity index is 0.00000144. The molecule has 0 saturated heterocycles. The molecule has 1 aromatic rings. The summed E-state index contributed by atoms with van der Waals surface area (Å²) in [5, 5.41) is 0. The minimum Gasteiger partial charge on any atom is -0.468 e. The van der Waals surface area contributed by atoms with Crippen molar-refractivity contribution in [2.45, 2.75) is 30.7 Å². The third-order valence-electron chi connectivity index (χ3n) is 3.41. The van der Waals surface area contributed by atoms with Gasteiger partial charge in [-0.2, -0.15) is 0 Å². The van der Waals surface area contributed by atoms with Gasteiger partial charge in [-0.3, -0.25) is 4.79 Å². The van der Waals surface area contributed by atoms with Crippen molar-refractivity contribution in [3.05, 3.63) is 35.9 Å². The molecule has 94 valence electrons. The average Bonchev–Trinajstić information content (AvgIpc) is 2.73. The fraction of sp³-hybridized carbons (Fsp3) is 0.462. The predicted octanol–water partition coefficient (Wildman–Crippen LogP) is 2.25. The van der Waals surface area contributed by atoms with Crippen LogP contribution < -0.4 is 5.73 Å². The normalized spacial score (nSPS) is 27.3. The highest BCUT2D eigenvalue weighted by Gasteiger charge is 2.43. The lowest BCUT2D eigenvalue weighted by Gasteiger charge is -2.20. The molecule has 0 unspecified atom stereocenters. The van der Waals surface area contributed by atoms with Crippen LogP contribution in [0.1, 0.15) is 30.7 Å². The number of halogens is 1. The van der Waals surface area contributed by atoms with Crippen molar-refractivity contribution in [3.63, 3.8) is 0 Å². The Bertz CT molecular complexity index is 382. The van der Waals surface area contributed by atoms with Crippen LogP contribution in [0.25, 0.3) is 0 Å². The third-order valence-corrected chi connectivity index (χ3v) is 3.41. The zero-order valence-corrected chi connectivity index (χ0v) is 10.7. The predicted molar refractivity (Wildman–Crippen MR) is 69.2 cm³/mol. The molecule has 0 bridgehead atoms. The minimum absolute atomic E-state index is 0. The van der Waals surface area contributed by atoms with E-state index >= 15 is 0 Å². The molecule has 0 aromatic heterocycles. The van der Waals surface area contributed by atoms with Crippen LogP contribution in [0.4, 0.5) is 0 Å². The second-order valence-corrected chi connectivity index (χ2v) is 4.50. The van der Waals surface area contributed by atoms with Crippen molar-refractivity contribution in [3.8, 4) is 0 Å². The zero-order valence-electron chi connectivity index (χ0n) is 9.89. The molecule has 2 rings (SSSR count). The first kappa shape index (κ1) is 14.0. The van der Waals surface area contributed by atoms with Gasteiger partial charge in [-0.15, -0.1) is 12.4 Å². The second-order valence-electron chi connectivity index (χ2n) is 4.50. The number of hydrogen-bond donors (Lipinski definition) is 1. The SMILES string of the molecule is COC(=O)[C@@]1(N)CC[C@@H](c2ccccc2)C1.Cl. The maximum Gasteiger partial charge on any atom is 0.325 e. The van der Waals surface area contributed by atoms with Gasteiger partial charge < -0.3 is 10.5 Å². The van der Waals surface area contributed by atoms with Gasteiger partial charge in [0, 0.05) is 0 Å². The quantitative estimate of drug-likeness (QED) is 0.825. The second kappa shape index (κ2) is 5.52. The molecule has 0 aliphatic heterocycles. The van der Waals surface area contributed by atoms with Crippen LogP contribution in [0.2, 0.25) is 0 Å². The minimum atomic E-state index is -0.782. The molecule has 0 spiro atoms. The molecule has 0 radical (unpaired) electrons. The van der Waals surface area contributed by atoms with Crippen LogP contribution in [-0.4, -0.2) is 18.6 Å². The molecule has 2 N–H and O–H groups in total. The van der Waals surface area contributed by atoms with E-state index < -0.39 is 5.54 Å². The third kappa shape index (κ3) is 2.79. The van der Waals surface area contributed by atoms with Gasteiger partial charge >= 0.3 is 5.97 Å². The Morgan fingerprint density at radius 2 is 2.06 bits per heavy atom. The highest BCUT2D eigenvalue weighted by atomic mass is 35.5. The number of benzene rings is 1. The van der Waals surface area contributed by atoms with Gasteiger partial charge in [-0.1, -0.05) is 30.3 Å². The van der Waals surface area contributed by atoms with Crippen LogP contribution in [-0.2, 0) is 9.53 Å². The van der Waals surface area contributed by atoms with Crippen molar-refractivity contribution >= 4 is 18.4 Å². The van der Waals surface area contributed by atoms with Gasteiger partial charge in [0.15, 0.2) is 0 Å². The molecule has 1 aliphatic rings. The lowest BCUT2D eigenvalue weighted by atomic mass is 9.93. The molecule has 2 atom stereocenters. The van der Waals surface area contributed by atoms with Crippen LogP contribution in [0, 0.1) is 0 Å².